The molecule has 136 valence electrons. The number of hydrogen-bond acceptors (Lipinski definition) is 4. The molecule has 0 aromatic carbocycles. The maximum absolute atomic E-state index is 13.1. The Morgan fingerprint density at radius 2 is 2.24 bits per heavy atom. The van der Waals surface area contributed by atoms with Crippen LogP contribution in [0.3, 0.4) is 0 Å². The largest absolute Gasteiger partial charge is 0.282 e. The van der Waals surface area contributed by atoms with Crippen LogP contribution < -0.4 is 0 Å². The SMILES string of the molecule is CON(C(=O)c1cn(C)nc1C(F)F)C(C)C1CC1c1ccc(Cl)s1. The molecule has 0 aliphatic heterocycles. The Labute approximate surface area is 153 Å². The van der Waals surface area contributed by atoms with E-state index in [1.807, 2.05) is 19.1 Å². The quantitative estimate of drug-likeness (QED) is 0.693. The van der Waals surface area contributed by atoms with E-state index in [1.165, 1.54) is 46.3 Å². The second-order valence-corrected chi connectivity index (χ2v) is 7.85. The predicted octanol–water partition coefficient (Wildman–Crippen LogP) is 4.27. The molecule has 1 saturated carbocycles. The molecule has 0 spiro atoms. The molecule has 0 bridgehead atoms. The highest BCUT2D eigenvalue weighted by Crippen LogP contribution is 2.53. The number of nitrogens with zero attached hydrogens (tertiary/aromatic N) is 3. The number of aromatic nitrogens is 2. The lowest BCUT2D eigenvalue weighted by Gasteiger charge is -2.26. The second-order valence-electron chi connectivity index (χ2n) is 6.10. The van der Waals surface area contributed by atoms with Gasteiger partial charge in [-0.25, -0.2) is 13.8 Å². The minimum absolute atomic E-state index is 0.137. The van der Waals surface area contributed by atoms with E-state index < -0.39 is 18.0 Å². The highest BCUT2D eigenvalue weighted by atomic mass is 35.5. The molecule has 2 aromatic rings. The Morgan fingerprint density at radius 1 is 1.52 bits per heavy atom. The number of carbonyl (C=O) groups excluding carboxylic acids is 1. The van der Waals surface area contributed by atoms with Crippen LogP contribution in [-0.4, -0.2) is 33.9 Å². The first-order valence-corrected chi connectivity index (χ1v) is 8.97. The van der Waals surface area contributed by atoms with Gasteiger partial charge in [0.15, 0.2) is 0 Å². The first-order chi connectivity index (χ1) is 11.8. The van der Waals surface area contributed by atoms with Crippen molar-refractivity contribution in [1.82, 2.24) is 14.8 Å². The molecular weight excluding hydrogens is 372 g/mol. The maximum Gasteiger partial charge on any atom is 0.282 e. The van der Waals surface area contributed by atoms with Crippen molar-refractivity contribution < 1.29 is 18.4 Å². The standard InChI is InChI=1S/C16H18ClF2N3O2S/c1-8(9-6-10(9)12-4-5-13(17)25-12)22(24-3)16(23)11-7-21(2)20-14(11)15(18)19/h4-5,7-10,15H,6H2,1-3H3. The molecule has 3 unspecified atom stereocenters. The van der Waals surface area contributed by atoms with E-state index in [-0.39, 0.29) is 17.5 Å². The lowest BCUT2D eigenvalue weighted by molar-refractivity contribution is -0.124. The zero-order valence-corrected chi connectivity index (χ0v) is 15.5. The van der Waals surface area contributed by atoms with Gasteiger partial charge in [-0.3, -0.25) is 14.3 Å². The second kappa shape index (κ2) is 7.01. The summed E-state index contributed by atoms with van der Waals surface area (Å²) >= 11 is 7.50. The molecule has 25 heavy (non-hydrogen) atoms. The highest BCUT2D eigenvalue weighted by molar-refractivity contribution is 7.16. The molecule has 2 aromatic heterocycles. The number of alkyl halides is 2. The van der Waals surface area contributed by atoms with Crippen LogP contribution in [0.5, 0.6) is 0 Å². The van der Waals surface area contributed by atoms with Gasteiger partial charge in [0.05, 0.1) is 23.1 Å². The fraction of sp³-hybridized carbons (Fsp3) is 0.500. The number of rotatable bonds is 6. The summed E-state index contributed by atoms with van der Waals surface area (Å²) in [5.41, 5.74) is -0.665. The monoisotopic (exact) mass is 389 g/mol. The molecule has 3 rings (SSSR count). The Morgan fingerprint density at radius 3 is 2.80 bits per heavy atom. The van der Waals surface area contributed by atoms with Gasteiger partial charge in [-0.15, -0.1) is 11.3 Å². The highest BCUT2D eigenvalue weighted by Gasteiger charge is 2.47. The average Bonchev–Trinajstić information content (AvgIpc) is 3.08. The van der Waals surface area contributed by atoms with Crippen LogP contribution in [0.1, 0.15) is 46.6 Å². The maximum atomic E-state index is 13.1. The predicted molar refractivity (Wildman–Crippen MR) is 91.0 cm³/mol. The number of amides is 1. The molecule has 0 radical (unpaired) electrons. The summed E-state index contributed by atoms with van der Waals surface area (Å²) in [6, 6.07) is 3.58. The van der Waals surface area contributed by atoms with E-state index >= 15 is 0 Å². The van der Waals surface area contributed by atoms with Gasteiger partial charge in [-0.05, 0) is 37.3 Å². The van der Waals surface area contributed by atoms with Crippen LogP contribution in [0.15, 0.2) is 18.3 Å². The topological polar surface area (TPSA) is 47.4 Å². The zero-order chi connectivity index (χ0) is 18.3. The van der Waals surface area contributed by atoms with Crippen LogP contribution in [0.2, 0.25) is 4.34 Å². The lowest BCUT2D eigenvalue weighted by Crippen LogP contribution is -2.39. The molecule has 3 atom stereocenters. The van der Waals surface area contributed by atoms with E-state index in [9.17, 15) is 13.6 Å². The molecule has 0 N–H and O–H groups in total. The van der Waals surface area contributed by atoms with Crippen molar-refractivity contribution >= 4 is 28.8 Å². The van der Waals surface area contributed by atoms with Gasteiger partial charge in [0.25, 0.3) is 12.3 Å². The number of carbonyl (C=O) groups is 1. The summed E-state index contributed by atoms with van der Waals surface area (Å²) in [4.78, 5) is 19.1. The summed E-state index contributed by atoms with van der Waals surface area (Å²) in [5, 5.41) is 4.85. The number of halogens is 3. The van der Waals surface area contributed by atoms with Crippen LogP contribution in [0, 0.1) is 5.92 Å². The summed E-state index contributed by atoms with van der Waals surface area (Å²) in [5.74, 6) is -0.0973. The van der Waals surface area contributed by atoms with Gasteiger partial charge in [0, 0.05) is 18.1 Å². The first-order valence-electron chi connectivity index (χ1n) is 7.78. The molecule has 1 aliphatic rings. The summed E-state index contributed by atoms with van der Waals surface area (Å²) < 4.78 is 28.2. The van der Waals surface area contributed by atoms with Gasteiger partial charge in [-0.2, -0.15) is 5.10 Å². The minimum Gasteiger partial charge on any atom is -0.275 e. The van der Waals surface area contributed by atoms with Crippen molar-refractivity contribution in [3.63, 3.8) is 0 Å². The Hall–Kier alpha value is -1.51. The fourth-order valence-corrected chi connectivity index (χ4v) is 4.41. The Balaban J connectivity index is 1.77. The summed E-state index contributed by atoms with van der Waals surface area (Å²) in [6.45, 7) is 1.86. The molecule has 0 saturated heterocycles. The number of hydrogen-bond donors (Lipinski definition) is 0. The minimum atomic E-state index is -2.82. The van der Waals surface area contributed by atoms with Crippen molar-refractivity contribution in [2.45, 2.75) is 31.7 Å². The van der Waals surface area contributed by atoms with Crippen molar-refractivity contribution in [2.24, 2.45) is 13.0 Å². The number of hydroxylamine groups is 2. The van der Waals surface area contributed by atoms with Crippen molar-refractivity contribution in [2.75, 3.05) is 7.11 Å². The summed E-state index contributed by atoms with van der Waals surface area (Å²) in [6.07, 6.45) is -0.623. The Kier molecular flexibility index (Phi) is 5.13. The molecular formula is C16H18ClF2N3O2S. The van der Waals surface area contributed by atoms with E-state index in [0.29, 0.717) is 5.92 Å². The number of thiophene rings is 1. The van der Waals surface area contributed by atoms with Gasteiger partial charge in [-0.1, -0.05) is 11.6 Å². The Bertz CT molecular complexity index is 779. The van der Waals surface area contributed by atoms with Crippen molar-refractivity contribution in [3.8, 4) is 0 Å². The first kappa shape index (κ1) is 18.3. The molecule has 2 heterocycles. The zero-order valence-electron chi connectivity index (χ0n) is 13.9. The van der Waals surface area contributed by atoms with Gasteiger partial charge in [0.1, 0.15) is 5.69 Å². The van der Waals surface area contributed by atoms with Crippen LogP contribution in [0.4, 0.5) is 8.78 Å². The molecule has 1 amide bonds. The third kappa shape index (κ3) is 3.56. The third-order valence-electron chi connectivity index (χ3n) is 4.48. The smallest absolute Gasteiger partial charge is 0.275 e. The van der Waals surface area contributed by atoms with Gasteiger partial charge >= 0.3 is 0 Å². The fourth-order valence-electron chi connectivity index (χ4n) is 3.16. The average molecular weight is 390 g/mol. The molecule has 1 fully saturated rings. The van der Waals surface area contributed by atoms with E-state index in [0.717, 1.165) is 10.8 Å². The normalized spacial score (nSPS) is 20.8. The van der Waals surface area contributed by atoms with Gasteiger partial charge in [0.2, 0.25) is 0 Å². The van der Waals surface area contributed by atoms with Crippen molar-refractivity contribution in [3.05, 3.63) is 38.8 Å². The lowest BCUT2D eigenvalue weighted by atomic mass is 10.1. The molecule has 5 nitrogen and oxygen atoms in total. The number of aryl methyl sites for hydroxylation is 1. The van der Waals surface area contributed by atoms with E-state index in [1.54, 1.807) is 0 Å². The molecule has 1 aliphatic carbocycles. The van der Waals surface area contributed by atoms with E-state index in [4.69, 9.17) is 16.4 Å². The van der Waals surface area contributed by atoms with Crippen LogP contribution >= 0.6 is 22.9 Å². The third-order valence-corrected chi connectivity index (χ3v) is 5.84. The summed E-state index contributed by atoms with van der Waals surface area (Å²) in [7, 11) is 2.87. The van der Waals surface area contributed by atoms with Crippen LogP contribution in [0.25, 0.3) is 0 Å². The molecule has 9 heteroatoms. The van der Waals surface area contributed by atoms with Crippen molar-refractivity contribution in [1.29, 1.82) is 0 Å². The van der Waals surface area contributed by atoms with Crippen LogP contribution in [-0.2, 0) is 11.9 Å². The van der Waals surface area contributed by atoms with Gasteiger partial charge < -0.3 is 0 Å². The van der Waals surface area contributed by atoms with E-state index in [2.05, 4.69) is 5.10 Å².